The van der Waals surface area contributed by atoms with Gasteiger partial charge >= 0.3 is 0 Å². The van der Waals surface area contributed by atoms with Crippen LogP contribution in [0.5, 0.6) is 5.75 Å². The number of hydrogen-bond acceptors (Lipinski definition) is 3. The van der Waals surface area contributed by atoms with Gasteiger partial charge in [-0.3, -0.25) is 9.69 Å². The standard InChI is InChI=1S/C18H21ClN2O2/c1-14(18(22)20-16-10-8-15(19)9-11-16)21(2)12-13-23-17-6-4-3-5-7-17/h3-11,14H,12-13H2,1-2H3,(H,20,22)/t14-/m1/s1. The van der Waals surface area contributed by atoms with Gasteiger partial charge in [-0.1, -0.05) is 29.8 Å². The van der Waals surface area contributed by atoms with Crippen molar-refractivity contribution in [2.75, 3.05) is 25.5 Å². The lowest BCUT2D eigenvalue weighted by molar-refractivity contribution is -0.120. The van der Waals surface area contributed by atoms with Crippen molar-refractivity contribution in [3.05, 3.63) is 59.6 Å². The normalized spacial score (nSPS) is 12.0. The second-order valence-electron chi connectivity index (χ2n) is 5.31. The number of para-hydroxylation sites is 1. The maximum Gasteiger partial charge on any atom is 0.241 e. The van der Waals surface area contributed by atoms with Gasteiger partial charge in [-0.15, -0.1) is 0 Å². The third-order valence-corrected chi connectivity index (χ3v) is 3.86. The van der Waals surface area contributed by atoms with Gasteiger partial charge in [0.05, 0.1) is 6.04 Å². The number of rotatable bonds is 7. The van der Waals surface area contributed by atoms with Gasteiger partial charge in [0.25, 0.3) is 0 Å². The molecular formula is C18H21ClN2O2. The topological polar surface area (TPSA) is 41.6 Å². The summed E-state index contributed by atoms with van der Waals surface area (Å²) >= 11 is 5.83. The van der Waals surface area contributed by atoms with E-state index >= 15 is 0 Å². The summed E-state index contributed by atoms with van der Waals surface area (Å²) in [5, 5.41) is 3.52. The first-order valence-electron chi connectivity index (χ1n) is 7.51. The molecule has 0 aliphatic heterocycles. The van der Waals surface area contributed by atoms with Gasteiger partial charge in [-0.2, -0.15) is 0 Å². The fourth-order valence-corrected chi connectivity index (χ4v) is 2.12. The highest BCUT2D eigenvalue weighted by Crippen LogP contribution is 2.14. The average Bonchev–Trinajstić information content (AvgIpc) is 2.57. The molecule has 1 amide bonds. The van der Waals surface area contributed by atoms with Gasteiger partial charge in [0.15, 0.2) is 0 Å². The summed E-state index contributed by atoms with van der Waals surface area (Å²) < 4.78 is 5.65. The second-order valence-corrected chi connectivity index (χ2v) is 5.75. The molecule has 0 aliphatic rings. The van der Waals surface area contributed by atoms with E-state index in [9.17, 15) is 4.79 Å². The largest absolute Gasteiger partial charge is 0.492 e. The number of carbonyl (C=O) groups is 1. The van der Waals surface area contributed by atoms with E-state index < -0.39 is 0 Å². The summed E-state index contributed by atoms with van der Waals surface area (Å²) in [7, 11) is 1.90. The molecule has 0 spiro atoms. The molecule has 2 aromatic rings. The van der Waals surface area contributed by atoms with Crippen LogP contribution >= 0.6 is 11.6 Å². The van der Waals surface area contributed by atoms with E-state index in [4.69, 9.17) is 16.3 Å². The lowest BCUT2D eigenvalue weighted by atomic mass is 10.2. The quantitative estimate of drug-likeness (QED) is 0.841. The zero-order valence-electron chi connectivity index (χ0n) is 13.3. The number of anilines is 1. The average molecular weight is 333 g/mol. The fourth-order valence-electron chi connectivity index (χ4n) is 2.00. The Hall–Kier alpha value is -2.04. The minimum atomic E-state index is -0.259. The monoisotopic (exact) mass is 332 g/mol. The molecule has 0 fully saturated rings. The molecule has 5 heteroatoms. The predicted molar refractivity (Wildman–Crippen MR) is 94.1 cm³/mol. The summed E-state index contributed by atoms with van der Waals surface area (Å²) in [5.41, 5.74) is 0.736. The van der Waals surface area contributed by atoms with Crippen molar-refractivity contribution in [1.29, 1.82) is 0 Å². The molecule has 1 N–H and O–H groups in total. The van der Waals surface area contributed by atoms with E-state index in [1.165, 1.54) is 0 Å². The third-order valence-electron chi connectivity index (χ3n) is 3.61. The second kappa shape index (κ2) is 8.56. The number of nitrogens with one attached hydrogen (secondary N) is 1. The Morgan fingerprint density at radius 2 is 1.83 bits per heavy atom. The molecule has 0 saturated carbocycles. The molecule has 0 aromatic heterocycles. The van der Waals surface area contributed by atoms with Crippen molar-refractivity contribution in [2.45, 2.75) is 13.0 Å². The van der Waals surface area contributed by atoms with Gasteiger partial charge in [0, 0.05) is 17.3 Å². The molecule has 2 rings (SSSR count). The van der Waals surface area contributed by atoms with Crippen molar-refractivity contribution in [2.24, 2.45) is 0 Å². The molecule has 0 bridgehead atoms. The lowest BCUT2D eigenvalue weighted by Crippen LogP contribution is -2.41. The maximum atomic E-state index is 12.2. The van der Waals surface area contributed by atoms with Gasteiger partial charge < -0.3 is 10.1 Å². The van der Waals surface area contributed by atoms with Crippen LogP contribution in [0.15, 0.2) is 54.6 Å². The number of likely N-dealkylation sites (N-methyl/N-ethyl adjacent to an activating group) is 1. The van der Waals surface area contributed by atoms with E-state index in [1.807, 2.05) is 49.2 Å². The molecule has 0 saturated heterocycles. The van der Waals surface area contributed by atoms with Crippen LogP contribution in [-0.4, -0.2) is 37.0 Å². The van der Waals surface area contributed by atoms with Gasteiger partial charge in [-0.05, 0) is 50.4 Å². The van der Waals surface area contributed by atoms with E-state index in [-0.39, 0.29) is 11.9 Å². The smallest absolute Gasteiger partial charge is 0.241 e. The van der Waals surface area contributed by atoms with Crippen LogP contribution in [0, 0.1) is 0 Å². The lowest BCUT2D eigenvalue weighted by Gasteiger charge is -2.23. The number of carbonyl (C=O) groups excluding carboxylic acids is 1. The minimum absolute atomic E-state index is 0.0606. The van der Waals surface area contributed by atoms with Crippen molar-refractivity contribution >= 4 is 23.2 Å². The van der Waals surface area contributed by atoms with E-state index in [2.05, 4.69) is 5.32 Å². The number of halogens is 1. The number of nitrogens with zero attached hydrogens (tertiary/aromatic N) is 1. The van der Waals surface area contributed by atoms with Crippen LogP contribution in [0.1, 0.15) is 6.92 Å². The highest BCUT2D eigenvalue weighted by atomic mass is 35.5. The summed E-state index contributed by atoms with van der Waals surface area (Å²) in [6.45, 7) is 3.05. The predicted octanol–water partition coefficient (Wildman–Crippen LogP) is 3.68. The molecule has 0 unspecified atom stereocenters. The van der Waals surface area contributed by atoms with Crippen molar-refractivity contribution in [3.63, 3.8) is 0 Å². The Labute approximate surface area is 142 Å². The number of benzene rings is 2. The highest BCUT2D eigenvalue weighted by molar-refractivity contribution is 6.30. The zero-order valence-corrected chi connectivity index (χ0v) is 14.1. The van der Waals surface area contributed by atoms with Crippen LogP contribution in [0.2, 0.25) is 5.02 Å². The summed E-state index contributed by atoms with van der Waals surface area (Å²) in [6, 6.07) is 16.4. The van der Waals surface area contributed by atoms with E-state index in [0.29, 0.717) is 18.2 Å². The van der Waals surface area contributed by atoms with Gasteiger partial charge in [0.2, 0.25) is 5.91 Å². The minimum Gasteiger partial charge on any atom is -0.492 e. The van der Waals surface area contributed by atoms with Gasteiger partial charge in [-0.25, -0.2) is 0 Å². The Bertz CT molecular complexity index is 617. The molecule has 0 heterocycles. The summed E-state index contributed by atoms with van der Waals surface area (Å²) in [6.07, 6.45) is 0. The Balaban J connectivity index is 1.78. The SMILES string of the molecule is C[C@H](C(=O)Nc1ccc(Cl)cc1)N(C)CCOc1ccccc1. The zero-order chi connectivity index (χ0) is 16.7. The Morgan fingerprint density at radius 3 is 2.48 bits per heavy atom. The molecule has 0 radical (unpaired) electrons. The highest BCUT2D eigenvalue weighted by Gasteiger charge is 2.17. The number of amides is 1. The molecule has 23 heavy (non-hydrogen) atoms. The van der Waals surface area contributed by atoms with Crippen molar-refractivity contribution in [1.82, 2.24) is 4.90 Å². The van der Waals surface area contributed by atoms with E-state index in [1.54, 1.807) is 24.3 Å². The van der Waals surface area contributed by atoms with Crippen LogP contribution < -0.4 is 10.1 Å². The fraction of sp³-hybridized carbons (Fsp3) is 0.278. The van der Waals surface area contributed by atoms with Crippen LogP contribution in [-0.2, 0) is 4.79 Å². The number of hydrogen-bond donors (Lipinski definition) is 1. The van der Waals surface area contributed by atoms with Crippen molar-refractivity contribution in [3.8, 4) is 5.75 Å². The third kappa shape index (κ3) is 5.58. The first kappa shape index (κ1) is 17.3. The van der Waals surface area contributed by atoms with Crippen LogP contribution in [0.3, 0.4) is 0 Å². The molecule has 2 aromatic carbocycles. The molecule has 4 nitrogen and oxygen atoms in total. The van der Waals surface area contributed by atoms with E-state index in [0.717, 1.165) is 11.4 Å². The first-order chi connectivity index (χ1) is 11.1. The first-order valence-corrected chi connectivity index (χ1v) is 7.88. The molecule has 0 aliphatic carbocycles. The molecule has 122 valence electrons. The summed E-state index contributed by atoms with van der Waals surface area (Å²) in [5.74, 6) is 0.772. The van der Waals surface area contributed by atoms with Gasteiger partial charge in [0.1, 0.15) is 12.4 Å². The maximum absolute atomic E-state index is 12.2. The number of ether oxygens (including phenoxy) is 1. The van der Waals surface area contributed by atoms with Crippen molar-refractivity contribution < 1.29 is 9.53 Å². The van der Waals surface area contributed by atoms with Crippen LogP contribution in [0.25, 0.3) is 0 Å². The molecule has 1 atom stereocenters. The summed E-state index contributed by atoms with van der Waals surface area (Å²) in [4.78, 5) is 14.2. The Kier molecular flexibility index (Phi) is 6.44. The molecular weight excluding hydrogens is 312 g/mol. The Morgan fingerprint density at radius 1 is 1.17 bits per heavy atom. The van der Waals surface area contributed by atoms with Crippen LogP contribution in [0.4, 0.5) is 5.69 Å².